The van der Waals surface area contributed by atoms with Gasteiger partial charge in [-0.05, 0) is 32.2 Å². The number of nitrogens with one attached hydrogen (secondary N) is 1. The molecule has 0 amide bonds. The third-order valence-corrected chi connectivity index (χ3v) is 5.52. The molecule has 0 aromatic carbocycles. The van der Waals surface area contributed by atoms with E-state index in [1.165, 1.54) is 0 Å². The zero-order valence-electron chi connectivity index (χ0n) is 11.5. The Morgan fingerprint density at radius 2 is 2.37 bits per heavy atom. The number of nitrogens with zero attached hydrogens (tertiary/aromatic N) is 3. The summed E-state index contributed by atoms with van der Waals surface area (Å²) in [6.45, 7) is 2.94. The van der Waals surface area contributed by atoms with Gasteiger partial charge in [0, 0.05) is 6.54 Å². The fourth-order valence-electron chi connectivity index (χ4n) is 2.70. The van der Waals surface area contributed by atoms with Gasteiger partial charge in [0.25, 0.3) is 0 Å². The Labute approximate surface area is 114 Å². The number of rotatable bonds is 6. The molecule has 2 rings (SSSR count). The van der Waals surface area contributed by atoms with Gasteiger partial charge in [-0.15, -0.1) is 5.10 Å². The number of aromatic nitrogens is 3. The molecule has 0 spiro atoms. The van der Waals surface area contributed by atoms with Crippen LogP contribution in [0.3, 0.4) is 0 Å². The predicted molar refractivity (Wildman–Crippen MR) is 73.5 cm³/mol. The van der Waals surface area contributed by atoms with Gasteiger partial charge in [0.05, 0.1) is 29.4 Å². The summed E-state index contributed by atoms with van der Waals surface area (Å²) in [5, 5.41) is 11.3. The Balaban J connectivity index is 2.06. The summed E-state index contributed by atoms with van der Waals surface area (Å²) in [6.07, 6.45) is 4.38. The van der Waals surface area contributed by atoms with Crippen molar-refractivity contribution in [3.05, 3.63) is 11.9 Å². The molecule has 1 N–H and O–H groups in total. The number of hydrogen-bond donors (Lipinski definition) is 1. The fraction of sp³-hybridized carbons (Fsp3) is 0.833. The van der Waals surface area contributed by atoms with Gasteiger partial charge in [-0.1, -0.05) is 12.1 Å². The van der Waals surface area contributed by atoms with E-state index in [1.807, 2.05) is 11.7 Å². The van der Waals surface area contributed by atoms with Crippen molar-refractivity contribution in [3.63, 3.8) is 0 Å². The maximum Gasteiger partial charge on any atom is 0.150 e. The largest absolute Gasteiger partial charge is 0.312 e. The van der Waals surface area contributed by atoms with Crippen LogP contribution < -0.4 is 5.32 Å². The second-order valence-corrected chi connectivity index (χ2v) is 7.46. The highest BCUT2D eigenvalue weighted by molar-refractivity contribution is 7.91. The minimum Gasteiger partial charge on any atom is -0.312 e. The molecule has 2 heterocycles. The molecule has 7 heteroatoms. The summed E-state index contributed by atoms with van der Waals surface area (Å²) in [5.74, 6) is 0.897. The van der Waals surface area contributed by atoms with Crippen LogP contribution in [0.2, 0.25) is 0 Å². The van der Waals surface area contributed by atoms with Crippen LogP contribution in [0, 0.1) is 5.92 Å². The van der Waals surface area contributed by atoms with Crippen molar-refractivity contribution in [3.8, 4) is 0 Å². The zero-order chi connectivity index (χ0) is 13.9. The van der Waals surface area contributed by atoms with Crippen molar-refractivity contribution >= 4 is 9.84 Å². The van der Waals surface area contributed by atoms with Crippen molar-refractivity contribution in [2.24, 2.45) is 5.92 Å². The van der Waals surface area contributed by atoms with Gasteiger partial charge >= 0.3 is 0 Å². The molecule has 19 heavy (non-hydrogen) atoms. The zero-order valence-corrected chi connectivity index (χ0v) is 12.4. The molecule has 2 atom stereocenters. The summed E-state index contributed by atoms with van der Waals surface area (Å²) < 4.78 is 24.9. The monoisotopic (exact) mass is 286 g/mol. The number of hydrogen-bond acceptors (Lipinski definition) is 5. The Kier molecular flexibility index (Phi) is 4.57. The molecule has 1 aliphatic heterocycles. The van der Waals surface area contributed by atoms with Gasteiger partial charge in [-0.25, -0.2) is 13.1 Å². The molecule has 1 saturated heterocycles. The Morgan fingerprint density at radius 3 is 2.95 bits per heavy atom. The lowest BCUT2D eigenvalue weighted by Gasteiger charge is -2.19. The van der Waals surface area contributed by atoms with Crippen molar-refractivity contribution in [1.29, 1.82) is 0 Å². The highest BCUT2D eigenvalue weighted by atomic mass is 32.2. The van der Waals surface area contributed by atoms with Gasteiger partial charge in [0.1, 0.15) is 0 Å². The van der Waals surface area contributed by atoms with Crippen LogP contribution in [0.15, 0.2) is 6.20 Å². The Morgan fingerprint density at radius 1 is 1.58 bits per heavy atom. The van der Waals surface area contributed by atoms with E-state index in [0.717, 1.165) is 31.5 Å². The first-order valence-corrected chi connectivity index (χ1v) is 8.64. The van der Waals surface area contributed by atoms with Crippen LogP contribution >= 0.6 is 0 Å². The third-order valence-electron chi connectivity index (χ3n) is 3.68. The molecule has 108 valence electrons. The SMILES string of the molecule is CCCn1nncc1C(CC1CCS(=O)(=O)C1)NC. The highest BCUT2D eigenvalue weighted by Crippen LogP contribution is 2.28. The fourth-order valence-corrected chi connectivity index (χ4v) is 4.58. The first-order valence-electron chi connectivity index (χ1n) is 6.81. The molecule has 0 bridgehead atoms. The molecule has 0 saturated carbocycles. The third kappa shape index (κ3) is 3.54. The first-order chi connectivity index (χ1) is 9.05. The van der Waals surface area contributed by atoms with Crippen LogP contribution in [0.25, 0.3) is 0 Å². The minimum absolute atomic E-state index is 0.125. The van der Waals surface area contributed by atoms with E-state index in [4.69, 9.17) is 0 Å². The van der Waals surface area contributed by atoms with E-state index in [0.29, 0.717) is 11.5 Å². The van der Waals surface area contributed by atoms with Crippen LogP contribution in [0.1, 0.15) is 37.9 Å². The van der Waals surface area contributed by atoms with Gasteiger partial charge in [-0.2, -0.15) is 0 Å². The molecule has 0 radical (unpaired) electrons. The summed E-state index contributed by atoms with van der Waals surface area (Å²) in [5.41, 5.74) is 1.05. The first kappa shape index (κ1) is 14.5. The lowest BCUT2D eigenvalue weighted by atomic mass is 9.97. The summed E-state index contributed by atoms with van der Waals surface area (Å²) in [6, 6.07) is 0.125. The molecule has 2 unspecified atom stereocenters. The van der Waals surface area contributed by atoms with Gasteiger partial charge in [-0.3, -0.25) is 0 Å². The van der Waals surface area contributed by atoms with Crippen molar-refractivity contribution in [2.45, 2.75) is 38.8 Å². The summed E-state index contributed by atoms with van der Waals surface area (Å²) in [4.78, 5) is 0. The van der Waals surface area contributed by atoms with Gasteiger partial charge in [0.15, 0.2) is 9.84 Å². The summed E-state index contributed by atoms with van der Waals surface area (Å²) >= 11 is 0. The van der Waals surface area contributed by atoms with E-state index in [9.17, 15) is 8.42 Å². The van der Waals surface area contributed by atoms with Crippen LogP contribution in [-0.2, 0) is 16.4 Å². The molecule has 1 aromatic heterocycles. The van der Waals surface area contributed by atoms with Gasteiger partial charge < -0.3 is 5.32 Å². The lowest BCUT2D eigenvalue weighted by molar-refractivity contribution is 0.407. The van der Waals surface area contributed by atoms with E-state index in [2.05, 4.69) is 22.6 Å². The van der Waals surface area contributed by atoms with Crippen molar-refractivity contribution in [1.82, 2.24) is 20.3 Å². The minimum atomic E-state index is -2.80. The average molecular weight is 286 g/mol. The van der Waals surface area contributed by atoms with Crippen LogP contribution in [0.4, 0.5) is 0 Å². The molecular formula is C12H22N4O2S. The second kappa shape index (κ2) is 6.00. The molecule has 6 nitrogen and oxygen atoms in total. The summed E-state index contributed by atoms with van der Waals surface area (Å²) in [7, 11) is -0.904. The van der Waals surface area contributed by atoms with Crippen LogP contribution in [0.5, 0.6) is 0 Å². The molecule has 0 aliphatic carbocycles. The molecule has 1 fully saturated rings. The van der Waals surface area contributed by atoms with Gasteiger partial charge in [0.2, 0.25) is 0 Å². The number of sulfone groups is 1. The molecular weight excluding hydrogens is 264 g/mol. The average Bonchev–Trinajstić information content (AvgIpc) is 2.93. The smallest absolute Gasteiger partial charge is 0.150 e. The van der Waals surface area contributed by atoms with E-state index in [-0.39, 0.29) is 12.0 Å². The Bertz CT molecular complexity index is 512. The highest BCUT2D eigenvalue weighted by Gasteiger charge is 2.30. The number of aryl methyl sites for hydroxylation is 1. The Hall–Kier alpha value is -0.950. The van der Waals surface area contributed by atoms with E-state index in [1.54, 1.807) is 6.20 Å². The quantitative estimate of drug-likeness (QED) is 0.836. The maximum atomic E-state index is 11.5. The van der Waals surface area contributed by atoms with Crippen molar-refractivity contribution in [2.75, 3.05) is 18.6 Å². The lowest BCUT2D eigenvalue weighted by Crippen LogP contribution is -2.23. The topological polar surface area (TPSA) is 76.9 Å². The normalized spacial score (nSPS) is 23.6. The molecule has 1 aliphatic rings. The van der Waals surface area contributed by atoms with Crippen molar-refractivity contribution < 1.29 is 8.42 Å². The van der Waals surface area contributed by atoms with Crippen LogP contribution in [-0.4, -0.2) is 42.0 Å². The predicted octanol–water partition coefficient (Wildman–Crippen LogP) is 0.773. The second-order valence-electron chi connectivity index (χ2n) is 5.23. The van der Waals surface area contributed by atoms with E-state index < -0.39 is 9.84 Å². The molecule has 1 aromatic rings. The standard InChI is InChI=1S/C12H22N4O2S/c1-3-5-16-12(8-14-15-16)11(13-2)7-10-4-6-19(17,18)9-10/h8,10-11,13H,3-7,9H2,1-2H3. The maximum absolute atomic E-state index is 11.5. The van der Waals surface area contributed by atoms with E-state index >= 15 is 0 Å².